The molecule has 1 amide bonds. The second-order valence-electron chi connectivity index (χ2n) is 5.38. The van der Waals surface area contributed by atoms with Crippen LogP contribution in [0.2, 0.25) is 0 Å². The van der Waals surface area contributed by atoms with E-state index in [1.165, 1.54) is 0 Å². The fourth-order valence-corrected chi connectivity index (χ4v) is 2.50. The Labute approximate surface area is 133 Å². The van der Waals surface area contributed by atoms with Crippen LogP contribution in [-0.4, -0.2) is 15.9 Å². The number of rotatable bonds is 4. The van der Waals surface area contributed by atoms with Crippen molar-refractivity contribution in [3.8, 4) is 0 Å². The minimum atomic E-state index is -0.416. The minimum Gasteiger partial charge on any atom is -0.383 e. The van der Waals surface area contributed by atoms with Crippen molar-refractivity contribution in [1.82, 2.24) is 9.97 Å². The lowest BCUT2D eigenvalue weighted by atomic mass is 10.0. The van der Waals surface area contributed by atoms with Crippen molar-refractivity contribution in [3.05, 3.63) is 59.2 Å². The SMILES string of the molecule is NC(=O)c1ccc(CCc2ccc3nc(N)nc(N)c3c2)cc1. The molecule has 1 aromatic heterocycles. The van der Waals surface area contributed by atoms with Crippen molar-refractivity contribution in [1.29, 1.82) is 0 Å². The number of amides is 1. The minimum absolute atomic E-state index is 0.178. The predicted octanol–water partition coefficient (Wildman–Crippen LogP) is 1.68. The van der Waals surface area contributed by atoms with E-state index in [2.05, 4.69) is 9.97 Å². The number of nitrogens with zero attached hydrogens (tertiary/aromatic N) is 2. The number of hydrogen-bond acceptors (Lipinski definition) is 5. The van der Waals surface area contributed by atoms with Gasteiger partial charge in [0.15, 0.2) is 0 Å². The second-order valence-corrected chi connectivity index (χ2v) is 5.38. The van der Waals surface area contributed by atoms with Crippen LogP contribution in [-0.2, 0) is 12.8 Å². The Kier molecular flexibility index (Phi) is 3.80. The van der Waals surface area contributed by atoms with E-state index in [1.807, 2.05) is 30.3 Å². The molecule has 23 heavy (non-hydrogen) atoms. The van der Waals surface area contributed by atoms with E-state index < -0.39 is 5.91 Å². The number of aryl methyl sites for hydroxylation is 2. The number of benzene rings is 2. The van der Waals surface area contributed by atoms with Crippen molar-refractivity contribution < 1.29 is 4.79 Å². The number of nitrogens with two attached hydrogens (primary N) is 3. The number of fused-ring (bicyclic) bond motifs is 1. The third-order valence-corrected chi connectivity index (χ3v) is 3.75. The van der Waals surface area contributed by atoms with Crippen molar-refractivity contribution in [2.75, 3.05) is 11.5 Å². The Balaban J connectivity index is 1.78. The standard InChI is InChI=1S/C17H17N5O/c18-15-13-9-11(5-8-14(13)21-17(20)22-15)2-1-10-3-6-12(7-4-10)16(19)23/h3-9H,1-2H2,(H2,19,23)(H4,18,20,21,22). The third-order valence-electron chi connectivity index (χ3n) is 3.75. The number of hydrogen-bond donors (Lipinski definition) is 3. The number of anilines is 2. The monoisotopic (exact) mass is 307 g/mol. The number of carbonyl (C=O) groups is 1. The normalized spacial score (nSPS) is 10.8. The topological polar surface area (TPSA) is 121 Å². The molecule has 0 fully saturated rings. The summed E-state index contributed by atoms with van der Waals surface area (Å²) >= 11 is 0. The summed E-state index contributed by atoms with van der Waals surface area (Å²) in [5.41, 5.74) is 20.3. The lowest BCUT2D eigenvalue weighted by Crippen LogP contribution is -2.10. The highest BCUT2D eigenvalue weighted by Gasteiger charge is 2.05. The van der Waals surface area contributed by atoms with E-state index in [9.17, 15) is 4.79 Å². The molecule has 3 rings (SSSR count). The molecule has 0 aliphatic heterocycles. The molecule has 6 heteroatoms. The molecule has 0 aliphatic rings. The molecule has 116 valence electrons. The van der Waals surface area contributed by atoms with Gasteiger partial charge in [-0.3, -0.25) is 4.79 Å². The fourth-order valence-electron chi connectivity index (χ4n) is 2.50. The van der Waals surface area contributed by atoms with Crippen LogP contribution in [0, 0.1) is 0 Å². The van der Waals surface area contributed by atoms with Gasteiger partial charge in [0.05, 0.1) is 5.52 Å². The summed E-state index contributed by atoms with van der Waals surface area (Å²) in [5, 5.41) is 0.806. The third kappa shape index (κ3) is 3.21. The summed E-state index contributed by atoms with van der Waals surface area (Å²) in [7, 11) is 0. The average Bonchev–Trinajstić information content (AvgIpc) is 2.53. The number of primary amides is 1. The number of carbonyl (C=O) groups excluding carboxylic acids is 1. The maximum atomic E-state index is 11.1. The Morgan fingerprint density at radius 1 is 0.913 bits per heavy atom. The highest BCUT2D eigenvalue weighted by molar-refractivity contribution is 5.92. The van der Waals surface area contributed by atoms with Crippen molar-refractivity contribution in [2.24, 2.45) is 5.73 Å². The lowest BCUT2D eigenvalue weighted by molar-refractivity contribution is 0.100. The van der Waals surface area contributed by atoms with Crippen LogP contribution in [0.25, 0.3) is 10.9 Å². The van der Waals surface area contributed by atoms with Crippen LogP contribution in [0.5, 0.6) is 0 Å². The largest absolute Gasteiger partial charge is 0.383 e. The van der Waals surface area contributed by atoms with Gasteiger partial charge in [-0.15, -0.1) is 0 Å². The van der Waals surface area contributed by atoms with Crippen LogP contribution in [0.15, 0.2) is 42.5 Å². The summed E-state index contributed by atoms with van der Waals surface area (Å²) < 4.78 is 0. The van der Waals surface area contributed by atoms with Gasteiger partial charge in [0.2, 0.25) is 11.9 Å². The van der Waals surface area contributed by atoms with Gasteiger partial charge in [0, 0.05) is 10.9 Å². The quantitative estimate of drug-likeness (QED) is 0.677. The van der Waals surface area contributed by atoms with Crippen LogP contribution >= 0.6 is 0 Å². The second kappa shape index (κ2) is 5.92. The molecule has 3 aromatic rings. The molecular weight excluding hydrogens is 290 g/mol. The van der Waals surface area contributed by atoms with E-state index in [4.69, 9.17) is 17.2 Å². The van der Waals surface area contributed by atoms with Crippen LogP contribution in [0.3, 0.4) is 0 Å². The van der Waals surface area contributed by atoms with Crippen molar-refractivity contribution >= 4 is 28.6 Å². The van der Waals surface area contributed by atoms with E-state index in [-0.39, 0.29) is 5.95 Å². The predicted molar refractivity (Wildman–Crippen MR) is 90.7 cm³/mol. The van der Waals surface area contributed by atoms with E-state index in [1.54, 1.807) is 12.1 Å². The Bertz CT molecular complexity index is 874. The zero-order chi connectivity index (χ0) is 16.4. The highest BCUT2D eigenvalue weighted by atomic mass is 16.1. The Morgan fingerprint density at radius 2 is 1.57 bits per heavy atom. The summed E-state index contributed by atoms with van der Waals surface area (Å²) in [4.78, 5) is 19.2. The molecule has 1 heterocycles. The molecule has 0 radical (unpaired) electrons. The van der Waals surface area contributed by atoms with Crippen molar-refractivity contribution in [3.63, 3.8) is 0 Å². The van der Waals surface area contributed by atoms with Crippen LogP contribution in [0.1, 0.15) is 21.5 Å². The van der Waals surface area contributed by atoms with Gasteiger partial charge in [-0.2, -0.15) is 4.98 Å². The van der Waals surface area contributed by atoms with Gasteiger partial charge in [-0.1, -0.05) is 18.2 Å². The zero-order valence-electron chi connectivity index (χ0n) is 12.5. The molecule has 6 nitrogen and oxygen atoms in total. The maximum absolute atomic E-state index is 11.1. The van der Waals surface area contributed by atoms with Crippen molar-refractivity contribution in [2.45, 2.75) is 12.8 Å². The van der Waals surface area contributed by atoms with Gasteiger partial charge < -0.3 is 17.2 Å². The molecule has 0 atom stereocenters. The first-order chi connectivity index (χ1) is 11.0. The summed E-state index contributed by atoms with van der Waals surface area (Å²) in [6.07, 6.45) is 1.69. The first-order valence-corrected chi connectivity index (χ1v) is 7.23. The molecular formula is C17H17N5O. The number of aromatic nitrogens is 2. The number of nitrogen functional groups attached to an aromatic ring is 2. The molecule has 0 bridgehead atoms. The summed E-state index contributed by atoms with van der Waals surface area (Å²) in [5.74, 6) is 0.151. The Hall–Kier alpha value is -3.15. The molecule has 0 saturated heterocycles. The molecule has 0 spiro atoms. The first kappa shape index (κ1) is 14.8. The molecule has 6 N–H and O–H groups in total. The highest BCUT2D eigenvalue weighted by Crippen LogP contribution is 2.21. The fraction of sp³-hybridized carbons (Fsp3) is 0.118. The van der Waals surface area contributed by atoms with Gasteiger partial charge in [0.25, 0.3) is 0 Å². The van der Waals surface area contributed by atoms with Gasteiger partial charge >= 0.3 is 0 Å². The molecule has 0 aliphatic carbocycles. The van der Waals surface area contributed by atoms with Gasteiger partial charge in [-0.25, -0.2) is 4.98 Å². The molecule has 2 aromatic carbocycles. The summed E-state index contributed by atoms with van der Waals surface area (Å²) in [6.45, 7) is 0. The van der Waals surface area contributed by atoms with Gasteiger partial charge in [0.1, 0.15) is 5.82 Å². The molecule has 0 saturated carbocycles. The first-order valence-electron chi connectivity index (χ1n) is 7.23. The summed E-state index contributed by atoms with van der Waals surface area (Å²) in [6, 6.07) is 13.2. The maximum Gasteiger partial charge on any atom is 0.248 e. The Morgan fingerprint density at radius 3 is 2.26 bits per heavy atom. The molecule has 0 unspecified atom stereocenters. The van der Waals surface area contributed by atoms with E-state index in [0.717, 1.165) is 34.9 Å². The van der Waals surface area contributed by atoms with E-state index in [0.29, 0.717) is 11.4 Å². The lowest BCUT2D eigenvalue weighted by Gasteiger charge is -2.06. The van der Waals surface area contributed by atoms with Crippen LogP contribution < -0.4 is 17.2 Å². The van der Waals surface area contributed by atoms with Crippen LogP contribution in [0.4, 0.5) is 11.8 Å². The smallest absolute Gasteiger partial charge is 0.248 e. The zero-order valence-corrected chi connectivity index (χ0v) is 12.5. The average molecular weight is 307 g/mol. The van der Waals surface area contributed by atoms with E-state index >= 15 is 0 Å². The van der Waals surface area contributed by atoms with Gasteiger partial charge in [-0.05, 0) is 48.2 Å².